The van der Waals surface area contributed by atoms with Gasteiger partial charge in [-0.15, -0.1) is 0 Å². The van der Waals surface area contributed by atoms with E-state index in [0.717, 1.165) is 12.2 Å². The maximum absolute atomic E-state index is 11.9. The number of amides is 2. The number of rotatable bonds is 7. The number of thioether (sulfide) groups is 1. The van der Waals surface area contributed by atoms with Crippen molar-refractivity contribution in [3.8, 4) is 0 Å². The minimum atomic E-state index is -1.29. The van der Waals surface area contributed by atoms with E-state index in [4.69, 9.17) is 5.11 Å². The van der Waals surface area contributed by atoms with Crippen LogP contribution >= 0.6 is 11.8 Å². The molecule has 0 aliphatic heterocycles. The molecular weight excluding hydrogens is 256 g/mol. The lowest BCUT2D eigenvalue weighted by Crippen LogP contribution is -2.53. The number of aliphatic hydroxyl groups is 1. The summed E-state index contributed by atoms with van der Waals surface area (Å²) >= 11 is 1.62. The number of urea groups is 1. The van der Waals surface area contributed by atoms with Crippen molar-refractivity contribution in [3.05, 3.63) is 0 Å². The highest BCUT2D eigenvalue weighted by atomic mass is 32.2. The van der Waals surface area contributed by atoms with Gasteiger partial charge in [-0.2, -0.15) is 11.8 Å². The third kappa shape index (κ3) is 5.14. The quantitative estimate of drug-likeness (QED) is 0.634. The van der Waals surface area contributed by atoms with E-state index in [1.54, 1.807) is 18.8 Å². The van der Waals surface area contributed by atoms with Crippen molar-refractivity contribution < 1.29 is 19.8 Å². The largest absolute Gasteiger partial charge is 0.480 e. The zero-order chi connectivity index (χ0) is 14.3. The van der Waals surface area contributed by atoms with Gasteiger partial charge in [-0.25, -0.2) is 9.59 Å². The molecule has 18 heavy (non-hydrogen) atoms. The van der Waals surface area contributed by atoms with Crippen LogP contribution in [-0.4, -0.2) is 64.4 Å². The van der Waals surface area contributed by atoms with Gasteiger partial charge in [0.2, 0.25) is 0 Å². The average Bonchev–Trinajstić information content (AvgIpc) is 2.30. The van der Waals surface area contributed by atoms with Crippen molar-refractivity contribution in [3.63, 3.8) is 0 Å². The molecule has 0 aromatic carbocycles. The fraction of sp³-hybridized carbons (Fsp3) is 0.818. The van der Waals surface area contributed by atoms with E-state index in [2.05, 4.69) is 5.32 Å². The molecule has 0 saturated carbocycles. The summed E-state index contributed by atoms with van der Waals surface area (Å²) in [6, 6.07) is -1.72. The molecule has 3 unspecified atom stereocenters. The highest BCUT2D eigenvalue weighted by Gasteiger charge is 2.27. The molecule has 0 heterocycles. The molecule has 7 heteroatoms. The maximum atomic E-state index is 11.9. The zero-order valence-electron chi connectivity index (χ0n) is 11.2. The number of hydrogen-bond acceptors (Lipinski definition) is 4. The molecule has 0 aliphatic carbocycles. The topological polar surface area (TPSA) is 89.9 Å². The molecule has 3 atom stereocenters. The number of nitrogens with one attached hydrogen (secondary N) is 1. The molecule has 6 nitrogen and oxygen atoms in total. The number of carboxylic acids is 1. The van der Waals surface area contributed by atoms with E-state index >= 15 is 0 Å². The molecule has 3 N–H and O–H groups in total. The van der Waals surface area contributed by atoms with Gasteiger partial charge in [-0.1, -0.05) is 6.92 Å². The Hall–Kier alpha value is -0.950. The number of carboxylic acid groups (broad SMARTS) is 1. The Labute approximate surface area is 112 Å². The molecule has 0 aromatic heterocycles. The van der Waals surface area contributed by atoms with Crippen LogP contribution in [0.25, 0.3) is 0 Å². The molecule has 0 aromatic rings. The van der Waals surface area contributed by atoms with Crippen molar-refractivity contribution in [2.45, 2.75) is 38.5 Å². The van der Waals surface area contributed by atoms with Crippen molar-refractivity contribution in [2.75, 3.05) is 19.1 Å². The highest BCUT2D eigenvalue weighted by molar-refractivity contribution is 7.98. The number of carbonyl (C=O) groups excluding carboxylic acids is 1. The smallest absolute Gasteiger partial charge is 0.328 e. The minimum Gasteiger partial charge on any atom is -0.480 e. The Balaban J connectivity index is 4.58. The molecule has 2 amide bonds. The third-order valence-corrected chi connectivity index (χ3v) is 3.44. The van der Waals surface area contributed by atoms with Crippen LogP contribution < -0.4 is 5.32 Å². The first-order chi connectivity index (χ1) is 8.34. The lowest BCUT2D eigenvalue weighted by molar-refractivity contribution is -0.141. The monoisotopic (exact) mass is 278 g/mol. The summed E-state index contributed by atoms with van der Waals surface area (Å²) in [6.45, 7) is 3.30. The Morgan fingerprint density at radius 2 is 2.00 bits per heavy atom. The van der Waals surface area contributed by atoms with Crippen LogP contribution in [0.2, 0.25) is 0 Å². The summed E-state index contributed by atoms with van der Waals surface area (Å²) in [4.78, 5) is 24.2. The molecule has 0 rings (SSSR count). The van der Waals surface area contributed by atoms with Gasteiger partial charge in [-0.3, -0.25) is 0 Å². The van der Waals surface area contributed by atoms with Crippen molar-refractivity contribution in [1.29, 1.82) is 0 Å². The lowest BCUT2D eigenvalue weighted by Gasteiger charge is -2.29. The highest BCUT2D eigenvalue weighted by Crippen LogP contribution is 2.09. The first-order valence-corrected chi connectivity index (χ1v) is 7.17. The van der Waals surface area contributed by atoms with Gasteiger partial charge in [0.25, 0.3) is 0 Å². The van der Waals surface area contributed by atoms with E-state index in [1.165, 1.54) is 11.8 Å². The van der Waals surface area contributed by atoms with Gasteiger partial charge in [0.15, 0.2) is 6.04 Å². The van der Waals surface area contributed by atoms with Gasteiger partial charge >= 0.3 is 12.0 Å². The molecule has 0 aliphatic rings. The van der Waals surface area contributed by atoms with E-state index in [-0.39, 0.29) is 6.04 Å². The summed E-state index contributed by atoms with van der Waals surface area (Å²) in [5.74, 6) is -0.461. The summed E-state index contributed by atoms with van der Waals surface area (Å²) in [5, 5.41) is 20.5. The fourth-order valence-electron chi connectivity index (χ4n) is 1.49. The first kappa shape index (κ1) is 17.1. The normalized spacial score (nSPS) is 15.6. The third-order valence-electron chi connectivity index (χ3n) is 2.73. The van der Waals surface area contributed by atoms with Gasteiger partial charge in [0.1, 0.15) is 0 Å². The van der Waals surface area contributed by atoms with Crippen molar-refractivity contribution >= 4 is 23.8 Å². The Morgan fingerprint density at radius 1 is 1.44 bits per heavy atom. The summed E-state index contributed by atoms with van der Waals surface area (Å²) < 4.78 is 0. The second-order valence-corrected chi connectivity index (χ2v) is 5.05. The van der Waals surface area contributed by atoms with Gasteiger partial charge < -0.3 is 20.4 Å². The first-order valence-electron chi connectivity index (χ1n) is 5.78. The average molecular weight is 278 g/mol. The predicted molar refractivity (Wildman–Crippen MR) is 71.9 cm³/mol. The van der Waals surface area contributed by atoms with Crippen LogP contribution in [0, 0.1) is 0 Å². The van der Waals surface area contributed by atoms with Crippen LogP contribution in [-0.2, 0) is 4.79 Å². The van der Waals surface area contributed by atoms with E-state index < -0.39 is 24.1 Å². The second-order valence-electron chi connectivity index (χ2n) is 4.13. The van der Waals surface area contributed by atoms with E-state index in [0.29, 0.717) is 0 Å². The summed E-state index contributed by atoms with van der Waals surface area (Å²) in [5.41, 5.74) is 0. The Morgan fingerprint density at radius 3 is 2.33 bits per heavy atom. The van der Waals surface area contributed by atoms with Crippen molar-refractivity contribution in [2.24, 2.45) is 0 Å². The summed E-state index contributed by atoms with van der Waals surface area (Å²) in [6.07, 6.45) is 1.60. The molecule has 0 saturated heterocycles. The molecular formula is C11H22N2O4S. The second kappa shape index (κ2) is 8.20. The molecule has 0 radical (unpaired) electrons. The zero-order valence-corrected chi connectivity index (χ0v) is 12.0. The fourth-order valence-corrected chi connectivity index (χ4v) is 2.33. The standard InChI is InChI=1S/C11H22N2O4S/c1-5-8(6-18-4)13(3)11(17)12-9(7(2)14)10(15)16/h7-9,14H,5-6H2,1-4H3,(H,12,17)(H,15,16). The molecule has 0 bridgehead atoms. The number of aliphatic carboxylic acids is 1. The Bertz CT molecular complexity index is 286. The predicted octanol–water partition coefficient (Wildman–Crippen LogP) is 0.603. The van der Waals surface area contributed by atoms with E-state index in [9.17, 15) is 14.7 Å². The number of carbonyl (C=O) groups is 2. The van der Waals surface area contributed by atoms with Gasteiger partial charge in [0, 0.05) is 18.8 Å². The lowest BCUT2D eigenvalue weighted by atomic mass is 10.2. The van der Waals surface area contributed by atoms with E-state index in [1.807, 2.05) is 13.2 Å². The van der Waals surface area contributed by atoms with Crippen LogP contribution in [0.4, 0.5) is 4.79 Å². The maximum Gasteiger partial charge on any atom is 0.328 e. The minimum absolute atomic E-state index is 0.0449. The van der Waals surface area contributed by atoms with Crippen LogP contribution in [0.3, 0.4) is 0 Å². The number of aliphatic hydroxyl groups excluding tert-OH is 1. The van der Waals surface area contributed by atoms with Crippen LogP contribution in [0.1, 0.15) is 20.3 Å². The molecule has 106 valence electrons. The molecule has 0 fully saturated rings. The Kier molecular flexibility index (Phi) is 7.77. The van der Waals surface area contributed by atoms with Gasteiger partial charge in [0.05, 0.1) is 6.10 Å². The van der Waals surface area contributed by atoms with Crippen molar-refractivity contribution in [1.82, 2.24) is 10.2 Å². The SMILES string of the molecule is CCC(CSC)N(C)C(=O)NC(C(=O)O)C(C)O. The van der Waals surface area contributed by atoms with Crippen LogP contribution in [0.15, 0.2) is 0 Å². The number of hydrogen-bond donors (Lipinski definition) is 3. The number of nitrogens with zero attached hydrogens (tertiary/aromatic N) is 1. The molecule has 0 spiro atoms. The van der Waals surface area contributed by atoms with Crippen LogP contribution in [0.5, 0.6) is 0 Å². The van der Waals surface area contributed by atoms with Gasteiger partial charge in [-0.05, 0) is 19.6 Å². The summed E-state index contributed by atoms with van der Waals surface area (Å²) in [7, 11) is 1.63.